The highest BCUT2D eigenvalue weighted by molar-refractivity contribution is 7.86. The molecular formula is C17H27N3O3S. The zero-order valence-corrected chi connectivity index (χ0v) is 15.6. The Morgan fingerprint density at radius 1 is 1.33 bits per heavy atom. The van der Waals surface area contributed by atoms with Crippen molar-refractivity contribution in [1.82, 2.24) is 13.9 Å². The molecule has 2 rings (SSSR count). The fourth-order valence-corrected chi connectivity index (χ4v) is 4.27. The maximum atomic E-state index is 12.6. The summed E-state index contributed by atoms with van der Waals surface area (Å²) in [6.07, 6.45) is 1.41. The smallest absolute Gasteiger partial charge is 0.281 e. The van der Waals surface area contributed by atoms with Crippen LogP contribution in [0.3, 0.4) is 0 Å². The van der Waals surface area contributed by atoms with Gasteiger partial charge in [-0.1, -0.05) is 24.3 Å². The molecule has 1 amide bonds. The van der Waals surface area contributed by atoms with Gasteiger partial charge in [0.25, 0.3) is 10.2 Å². The van der Waals surface area contributed by atoms with Crippen LogP contribution < -0.4 is 5.32 Å². The summed E-state index contributed by atoms with van der Waals surface area (Å²) in [6.45, 7) is 4.69. The van der Waals surface area contributed by atoms with E-state index >= 15 is 0 Å². The first-order valence-corrected chi connectivity index (χ1v) is 9.66. The second-order valence-corrected chi connectivity index (χ2v) is 8.72. The van der Waals surface area contributed by atoms with Crippen molar-refractivity contribution < 1.29 is 13.2 Å². The number of aryl methyl sites for hydroxylation is 1. The minimum Gasteiger partial charge on any atom is -0.349 e. The van der Waals surface area contributed by atoms with Crippen LogP contribution in [0.4, 0.5) is 0 Å². The Balaban J connectivity index is 2.03. The van der Waals surface area contributed by atoms with E-state index in [9.17, 15) is 13.2 Å². The van der Waals surface area contributed by atoms with Gasteiger partial charge in [-0.05, 0) is 37.8 Å². The van der Waals surface area contributed by atoms with Crippen LogP contribution >= 0.6 is 0 Å². The predicted octanol–water partition coefficient (Wildman–Crippen LogP) is 1.69. The molecule has 0 radical (unpaired) electrons. The lowest BCUT2D eigenvalue weighted by atomic mass is 9.97. The van der Waals surface area contributed by atoms with E-state index in [1.54, 1.807) is 0 Å². The van der Waals surface area contributed by atoms with Gasteiger partial charge in [-0.25, -0.2) is 0 Å². The molecule has 1 N–H and O–H groups in total. The van der Waals surface area contributed by atoms with Gasteiger partial charge in [0.05, 0.1) is 12.0 Å². The number of piperidine rings is 1. The van der Waals surface area contributed by atoms with Crippen LogP contribution in [-0.4, -0.2) is 50.1 Å². The molecule has 1 aromatic carbocycles. The molecule has 0 aromatic heterocycles. The standard InChI is InChI=1S/C17H27N3O3S/c1-13-8-5-6-10-16(13)14(2)18-17(21)15-9-7-11-20(12-15)24(22,23)19(3)4/h5-6,8,10,14-15H,7,9,11-12H2,1-4H3,(H,18,21)/t14-,15+/m0/s1. The number of benzene rings is 1. The zero-order chi connectivity index (χ0) is 17.9. The molecule has 0 saturated carbocycles. The Morgan fingerprint density at radius 2 is 2.00 bits per heavy atom. The van der Waals surface area contributed by atoms with E-state index in [4.69, 9.17) is 0 Å². The van der Waals surface area contributed by atoms with E-state index in [2.05, 4.69) is 5.32 Å². The van der Waals surface area contributed by atoms with Crippen LogP contribution in [0.1, 0.15) is 36.9 Å². The molecule has 24 heavy (non-hydrogen) atoms. The average molecular weight is 353 g/mol. The monoisotopic (exact) mass is 353 g/mol. The zero-order valence-electron chi connectivity index (χ0n) is 14.8. The number of carbonyl (C=O) groups is 1. The number of rotatable bonds is 5. The van der Waals surface area contributed by atoms with Crippen molar-refractivity contribution in [3.63, 3.8) is 0 Å². The molecule has 134 valence electrons. The summed E-state index contributed by atoms with van der Waals surface area (Å²) >= 11 is 0. The molecule has 1 aliphatic rings. The van der Waals surface area contributed by atoms with E-state index in [0.29, 0.717) is 19.4 Å². The molecule has 6 nitrogen and oxygen atoms in total. The first-order valence-electron chi connectivity index (χ1n) is 8.27. The van der Waals surface area contributed by atoms with Crippen molar-refractivity contribution >= 4 is 16.1 Å². The summed E-state index contributed by atoms with van der Waals surface area (Å²) in [5.74, 6) is -0.385. The molecule has 7 heteroatoms. The second-order valence-electron chi connectivity index (χ2n) is 6.57. The van der Waals surface area contributed by atoms with Gasteiger partial charge in [-0.2, -0.15) is 17.0 Å². The van der Waals surface area contributed by atoms with Gasteiger partial charge in [0.1, 0.15) is 0 Å². The molecule has 0 unspecified atom stereocenters. The summed E-state index contributed by atoms with van der Waals surface area (Å²) in [5.41, 5.74) is 2.21. The highest BCUT2D eigenvalue weighted by atomic mass is 32.2. The Labute approximate surface area is 145 Å². The van der Waals surface area contributed by atoms with Gasteiger partial charge < -0.3 is 5.32 Å². The fourth-order valence-electron chi connectivity index (χ4n) is 3.08. The summed E-state index contributed by atoms with van der Waals surface area (Å²) in [4.78, 5) is 12.6. The highest BCUT2D eigenvalue weighted by Crippen LogP contribution is 2.22. The number of nitrogens with zero attached hydrogens (tertiary/aromatic N) is 2. The third-order valence-corrected chi connectivity index (χ3v) is 6.46. The number of nitrogens with one attached hydrogen (secondary N) is 1. The van der Waals surface area contributed by atoms with Crippen molar-refractivity contribution in [1.29, 1.82) is 0 Å². The topological polar surface area (TPSA) is 69.7 Å². The van der Waals surface area contributed by atoms with Crippen molar-refractivity contribution in [2.75, 3.05) is 27.2 Å². The molecular weight excluding hydrogens is 326 g/mol. The van der Waals surface area contributed by atoms with Crippen LogP contribution in [0.25, 0.3) is 0 Å². The lowest BCUT2D eigenvalue weighted by Gasteiger charge is -2.33. The van der Waals surface area contributed by atoms with Gasteiger partial charge in [0, 0.05) is 27.2 Å². The fraction of sp³-hybridized carbons (Fsp3) is 0.588. The average Bonchev–Trinajstić information content (AvgIpc) is 2.55. The van der Waals surface area contributed by atoms with Crippen LogP contribution in [0.15, 0.2) is 24.3 Å². The molecule has 1 aromatic rings. The summed E-state index contributed by atoms with van der Waals surface area (Å²) in [7, 11) is -0.441. The number of amides is 1. The second kappa shape index (κ2) is 7.63. The number of carbonyl (C=O) groups excluding carboxylic acids is 1. The van der Waals surface area contributed by atoms with Gasteiger partial charge in [-0.15, -0.1) is 0 Å². The van der Waals surface area contributed by atoms with E-state index < -0.39 is 10.2 Å². The lowest BCUT2D eigenvalue weighted by Crippen LogP contribution is -2.49. The Bertz CT molecular complexity index is 688. The van der Waals surface area contributed by atoms with Crippen LogP contribution in [0.5, 0.6) is 0 Å². The third kappa shape index (κ3) is 4.15. The molecule has 1 saturated heterocycles. The van der Waals surface area contributed by atoms with Crippen LogP contribution in [0.2, 0.25) is 0 Å². The maximum absolute atomic E-state index is 12.6. The number of hydrogen-bond acceptors (Lipinski definition) is 3. The highest BCUT2D eigenvalue weighted by Gasteiger charge is 2.33. The van der Waals surface area contributed by atoms with Gasteiger partial charge in [0.15, 0.2) is 0 Å². The summed E-state index contributed by atoms with van der Waals surface area (Å²) in [6, 6.07) is 7.85. The van der Waals surface area contributed by atoms with Crippen LogP contribution in [-0.2, 0) is 15.0 Å². The van der Waals surface area contributed by atoms with Crippen molar-refractivity contribution in [2.45, 2.75) is 32.7 Å². The predicted molar refractivity (Wildman–Crippen MR) is 94.6 cm³/mol. The normalized spacial score (nSPS) is 20.8. The first kappa shape index (κ1) is 18.9. The van der Waals surface area contributed by atoms with Crippen molar-refractivity contribution in [3.8, 4) is 0 Å². The lowest BCUT2D eigenvalue weighted by molar-refractivity contribution is -0.126. The molecule has 1 fully saturated rings. The van der Waals surface area contributed by atoms with Gasteiger partial charge in [0.2, 0.25) is 5.91 Å². The third-order valence-electron chi connectivity index (χ3n) is 4.56. The van der Waals surface area contributed by atoms with Crippen molar-refractivity contribution in [3.05, 3.63) is 35.4 Å². The van der Waals surface area contributed by atoms with Crippen molar-refractivity contribution in [2.24, 2.45) is 5.92 Å². The van der Waals surface area contributed by atoms with E-state index in [0.717, 1.165) is 11.1 Å². The molecule has 0 bridgehead atoms. The Morgan fingerprint density at radius 3 is 2.62 bits per heavy atom. The minimum atomic E-state index is -3.47. The first-order chi connectivity index (χ1) is 11.2. The molecule has 1 aliphatic heterocycles. The Hall–Kier alpha value is -1.44. The summed E-state index contributed by atoms with van der Waals surface area (Å²) in [5, 5.41) is 3.03. The minimum absolute atomic E-state index is 0.0793. The largest absolute Gasteiger partial charge is 0.349 e. The molecule has 0 aliphatic carbocycles. The van der Waals surface area contributed by atoms with E-state index in [1.165, 1.54) is 22.7 Å². The maximum Gasteiger partial charge on any atom is 0.281 e. The van der Waals surface area contributed by atoms with Gasteiger partial charge in [-0.3, -0.25) is 4.79 Å². The van der Waals surface area contributed by atoms with E-state index in [-0.39, 0.29) is 24.4 Å². The SMILES string of the molecule is Cc1ccccc1[C@H](C)NC(=O)[C@@H]1CCCN(S(=O)(=O)N(C)C)C1. The number of hydrogen-bond donors (Lipinski definition) is 1. The molecule has 2 atom stereocenters. The Kier molecular flexibility index (Phi) is 6.01. The molecule has 0 spiro atoms. The summed E-state index contributed by atoms with van der Waals surface area (Å²) < 4.78 is 27.1. The van der Waals surface area contributed by atoms with Crippen LogP contribution in [0, 0.1) is 12.8 Å². The molecule has 1 heterocycles. The van der Waals surface area contributed by atoms with Gasteiger partial charge >= 0.3 is 0 Å². The van der Waals surface area contributed by atoms with E-state index in [1.807, 2.05) is 38.1 Å². The quantitative estimate of drug-likeness (QED) is 0.876.